The average molecular weight is 405 g/mol. The molecular formula is C22H19N3O5. The van der Waals surface area contributed by atoms with Crippen molar-refractivity contribution in [2.75, 3.05) is 11.5 Å². The fourth-order valence-electron chi connectivity index (χ4n) is 3.11. The highest BCUT2D eigenvalue weighted by atomic mass is 16.5. The Hall–Kier alpha value is -3.94. The highest BCUT2D eigenvalue weighted by Crippen LogP contribution is 2.34. The van der Waals surface area contributed by atoms with E-state index < -0.39 is 0 Å². The minimum Gasteiger partial charge on any atom is -0.482 e. The van der Waals surface area contributed by atoms with E-state index in [1.54, 1.807) is 42.7 Å². The topological polar surface area (TPSA) is 102 Å². The van der Waals surface area contributed by atoms with Gasteiger partial charge in [0.1, 0.15) is 11.5 Å². The van der Waals surface area contributed by atoms with Gasteiger partial charge in [0.15, 0.2) is 18.2 Å². The van der Waals surface area contributed by atoms with Crippen molar-refractivity contribution in [2.24, 2.45) is 0 Å². The molecule has 3 heterocycles. The van der Waals surface area contributed by atoms with Crippen molar-refractivity contribution >= 4 is 23.3 Å². The monoisotopic (exact) mass is 405 g/mol. The van der Waals surface area contributed by atoms with E-state index >= 15 is 0 Å². The van der Waals surface area contributed by atoms with Crippen molar-refractivity contribution < 1.29 is 23.5 Å². The number of pyridine rings is 1. The molecule has 1 N–H and O–H groups in total. The number of aromatic nitrogens is 1. The quantitative estimate of drug-likeness (QED) is 0.633. The minimum atomic E-state index is -0.356. The Morgan fingerprint density at radius 3 is 2.70 bits per heavy atom. The number of nitrogens with one attached hydrogen (secondary N) is 1. The van der Waals surface area contributed by atoms with Crippen molar-refractivity contribution in [3.8, 4) is 5.75 Å². The number of hydrogen-bond donors (Lipinski definition) is 1. The van der Waals surface area contributed by atoms with E-state index in [4.69, 9.17) is 9.15 Å². The summed E-state index contributed by atoms with van der Waals surface area (Å²) >= 11 is 0. The van der Waals surface area contributed by atoms with E-state index in [1.807, 2.05) is 12.1 Å². The number of nitrogens with zero attached hydrogens (tertiary/aromatic N) is 2. The van der Waals surface area contributed by atoms with E-state index in [9.17, 15) is 14.4 Å². The molecule has 0 atom stereocenters. The predicted octanol–water partition coefficient (Wildman–Crippen LogP) is 2.73. The SMILES string of the molecule is CC(=O)c1ccc2c(c1)N(Cc1ccc(C(=O)NCc3ccncc3)o1)C(=O)CO2. The third-order valence-electron chi connectivity index (χ3n) is 4.71. The van der Waals surface area contributed by atoms with Crippen LogP contribution in [0.25, 0.3) is 0 Å². The number of carbonyl (C=O) groups is 3. The van der Waals surface area contributed by atoms with E-state index in [1.165, 1.54) is 11.8 Å². The molecule has 0 saturated carbocycles. The van der Waals surface area contributed by atoms with Crippen molar-refractivity contribution in [2.45, 2.75) is 20.0 Å². The first-order valence-electron chi connectivity index (χ1n) is 9.35. The second-order valence-corrected chi connectivity index (χ2v) is 6.81. The van der Waals surface area contributed by atoms with Gasteiger partial charge in [-0.25, -0.2) is 0 Å². The summed E-state index contributed by atoms with van der Waals surface area (Å²) in [5.41, 5.74) is 1.90. The smallest absolute Gasteiger partial charge is 0.287 e. The lowest BCUT2D eigenvalue weighted by Crippen LogP contribution is -2.38. The van der Waals surface area contributed by atoms with Gasteiger partial charge in [0.05, 0.1) is 12.2 Å². The molecule has 152 valence electrons. The van der Waals surface area contributed by atoms with Gasteiger partial charge in [0.2, 0.25) is 0 Å². The number of ketones is 1. The summed E-state index contributed by atoms with van der Waals surface area (Å²) < 4.78 is 11.1. The number of carbonyl (C=O) groups excluding carboxylic acids is 3. The van der Waals surface area contributed by atoms with Crippen LogP contribution in [0.3, 0.4) is 0 Å². The second-order valence-electron chi connectivity index (χ2n) is 6.81. The van der Waals surface area contributed by atoms with Crippen molar-refractivity contribution in [3.05, 3.63) is 77.5 Å². The molecule has 0 unspecified atom stereocenters. The van der Waals surface area contributed by atoms with Crippen molar-refractivity contribution in [1.82, 2.24) is 10.3 Å². The Morgan fingerprint density at radius 1 is 1.13 bits per heavy atom. The normalized spacial score (nSPS) is 12.8. The van der Waals surface area contributed by atoms with Crippen LogP contribution in [0.4, 0.5) is 5.69 Å². The van der Waals surface area contributed by atoms with Crippen LogP contribution in [0.15, 0.2) is 59.3 Å². The number of anilines is 1. The van der Waals surface area contributed by atoms with Crippen LogP contribution >= 0.6 is 0 Å². The molecule has 4 rings (SSSR count). The largest absolute Gasteiger partial charge is 0.482 e. The van der Waals surface area contributed by atoms with Crippen LogP contribution in [0, 0.1) is 0 Å². The zero-order chi connectivity index (χ0) is 21.1. The van der Waals surface area contributed by atoms with Crippen LogP contribution in [-0.2, 0) is 17.9 Å². The van der Waals surface area contributed by atoms with Gasteiger partial charge < -0.3 is 14.5 Å². The number of ether oxygens (including phenoxy) is 1. The summed E-state index contributed by atoms with van der Waals surface area (Å²) in [6, 6.07) is 11.8. The lowest BCUT2D eigenvalue weighted by Gasteiger charge is -2.29. The first-order chi connectivity index (χ1) is 14.5. The molecule has 0 bridgehead atoms. The Morgan fingerprint density at radius 2 is 1.93 bits per heavy atom. The molecule has 1 aliphatic heterocycles. The van der Waals surface area contributed by atoms with E-state index in [-0.39, 0.29) is 36.5 Å². The highest BCUT2D eigenvalue weighted by Gasteiger charge is 2.27. The third kappa shape index (κ3) is 4.07. The summed E-state index contributed by atoms with van der Waals surface area (Å²) in [5.74, 6) is 0.383. The molecule has 3 aromatic rings. The highest BCUT2D eigenvalue weighted by molar-refractivity contribution is 6.01. The number of benzene rings is 1. The number of Topliss-reactive ketones (excluding diaryl/α,β-unsaturated/α-hetero) is 1. The van der Waals surface area contributed by atoms with Crippen LogP contribution in [0.1, 0.15) is 39.2 Å². The summed E-state index contributed by atoms with van der Waals surface area (Å²) in [5, 5.41) is 2.78. The maximum atomic E-state index is 12.4. The molecule has 2 amide bonds. The van der Waals surface area contributed by atoms with E-state index in [0.717, 1.165) is 5.56 Å². The van der Waals surface area contributed by atoms with Crippen LogP contribution in [-0.4, -0.2) is 29.2 Å². The standard InChI is InChI=1S/C22H19N3O5/c1-14(26)16-2-4-19-18(10-16)25(21(27)13-29-19)12-17-3-5-20(30-17)22(28)24-11-15-6-8-23-9-7-15/h2-10H,11-13H2,1H3,(H,24,28). The number of hydrogen-bond acceptors (Lipinski definition) is 6. The Kier molecular flexibility index (Phi) is 5.30. The lowest BCUT2D eigenvalue weighted by atomic mass is 10.1. The van der Waals surface area contributed by atoms with Gasteiger partial charge in [-0.3, -0.25) is 24.3 Å². The average Bonchev–Trinajstić information content (AvgIpc) is 3.23. The van der Waals surface area contributed by atoms with Gasteiger partial charge in [-0.05, 0) is 55.0 Å². The molecule has 0 radical (unpaired) electrons. The van der Waals surface area contributed by atoms with Crippen molar-refractivity contribution in [3.63, 3.8) is 0 Å². The van der Waals surface area contributed by atoms with Crippen LogP contribution in [0.5, 0.6) is 5.75 Å². The lowest BCUT2D eigenvalue weighted by molar-refractivity contribution is -0.121. The molecule has 8 nitrogen and oxygen atoms in total. The zero-order valence-corrected chi connectivity index (χ0v) is 16.3. The first kappa shape index (κ1) is 19.4. The van der Waals surface area contributed by atoms with Gasteiger partial charge in [0.25, 0.3) is 11.8 Å². The molecule has 1 aromatic carbocycles. The molecule has 0 saturated heterocycles. The maximum Gasteiger partial charge on any atom is 0.287 e. The van der Waals surface area contributed by atoms with E-state index in [0.29, 0.717) is 29.3 Å². The molecule has 0 fully saturated rings. The fraction of sp³-hybridized carbons (Fsp3) is 0.182. The summed E-state index contributed by atoms with van der Waals surface area (Å²) in [7, 11) is 0. The molecule has 1 aliphatic rings. The van der Waals surface area contributed by atoms with Crippen molar-refractivity contribution in [1.29, 1.82) is 0 Å². The number of fused-ring (bicyclic) bond motifs is 1. The van der Waals surface area contributed by atoms with E-state index in [2.05, 4.69) is 10.3 Å². The maximum absolute atomic E-state index is 12.4. The van der Waals surface area contributed by atoms with Gasteiger partial charge >= 0.3 is 0 Å². The predicted molar refractivity (Wildman–Crippen MR) is 107 cm³/mol. The molecule has 0 spiro atoms. The molecule has 30 heavy (non-hydrogen) atoms. The third-order valence-corrected chi connectivity index (χ3v) is 4.71. The summed E-state index contributed by atoms with van der Waals surface area (Å²) in [4.78, 5) is 41.9. The molecule has 8 heteroatoms. The molecule has 2 aromatic heterocycles. The minimum absolute atomic E-state index is 0.105. The molecule has 0 aliphatic carbocycles. The van der Waals surface area contributed by atoms with Crippen LogP contribution < -0.4 is 15.0 Å². The number of rotatable bonds is 6. The fourth-order valence-corrected chi connectivity index (χ4v) is 3.11. The van der Waals surface area contributed by atoms with Gasteiger partial charge in [-0.15, -0.1) is 0 Å². The number of furan rings is 1. The Bertz CT molecular complexity index is 1110. The zero-order valence-electron chi connectivity index (χ0n) is 16.3. The summed E-state index contributed by atoms with van der Waals surface area (Å²) in [6.07, 6.45) is 3.31. The Balaban J connectivity index is 1.48. The number of amides is 2. The second kappa shape index (κ2) is 8.20. The molecular weight excluding hydrogens is 386 g/mol. The van der Waals surface area contributed by atoms with Gasteiger partial charge in [-0.2, -0.15) is 0 Å². The first-order valence-corrected chi connectivity index (χ1v) is 9.35. The van der Waals surface area contributed by atoms with Gasteiger partial charge in [-0.1, -0.05) is 0 Å². The van der Waals surface area contributed by atoms with Crippen LogP contribution in [0.2, 0.25) is 0 Å². The summed E-state index contributed by atoms with van der Waals surface area (Å²) in [6.45, 7) is 1.82. The van der Waals surface area contributed by atoms with Gasteiger partial charge in [0, 0.05) is 24.5 Å². The Labute approximate surface area is 172 Å².